The van der Waals surface area contributed by atoms with Gasteiger partial charge in [-0.1, -0.05) is 13.0 Å². The molecule has 0 aliphatic carbocycles. The molecule has 0 spiro atoms. The van der Waals surface area contributed by atoms with Gasteiger partial charge in [0.15, 0.2) is 0 Å². The third-order valence-corrected chi connectivity index (χ3v) is 1.85. The number of hydrogen-bond donors (Lipinski definition) is 1. The van der Waals surface area contributed by atoms with E-state index in [1.165, 1.54) is 0 Å². The molecule has 0 amide bonds. The Balaban J connectivity index is 2.42. The van der Waals surface area contributed by atoms with Crippen molar-refractivity contribution < 1.29 is 4.74 Å². The molecule has 0 unspecified atom stereocenters. The van der Waals surface area contributed by atoms with Crippen molar-refractivity contribution in [1.29, 1.82) is 0 Å². The molecule has 0 fully saturated rings. The van der Waals surface area contributed by atoms with Gasteiger partial charge in [-0.2, -0.15) is 0 Å². The van der Waals surface area contributed by atoms with Crippen molar-refractivity contribution in [3.8, 4) is 0 Å². The lowest BCUT2D eigenvalue weighted by Gasteiger charge is -2.05. The van der Waals surface area contributed by atoms with Gasteiger partial charge in [0.1, 0.15) is 5.82 Å². The number of ether oxygens (including phenoxy) is 1. The first-order chi connectivity index (χ1) is 6.86. The second kappa shape index (κ2) is 6.38. The lowest BCUT2D eigenvalue weighted by molar-refractivity contribution is 0.134. The summed E-state index contributed by atoms with van der Waals surface area (Å²) in [6.07, 6.45) is 2.97. The lowest BCUT2D eigenvalue weighted by atomic mass is 10.3. The number of nitrogens with zero attached hydrogens (tertiary/aromatic N) is 1. The van der Waals surface area contributed by atoms with E-state index in [9.17, 15) is 0 Å². The molecule has 0 bridgehead atoms. The van der Waals surface area contributed by atoms with Crippen LogP contribution in [-0.4, -0.2) is 18.1 Å². The standard InChI is InChI=1S/C11H18N2O/c1-3-7-12-11-6-5-10(8-13-11)9-14-4-2/h5-6,8H,3-4,7,9H2,1-2H3,(H,12,13). The fraction of sp³-hybridized carbons (Fsp3) is 0.545. The first kappa shape index (κ1) is 11.0. The number of nitrogens with one attached hydrogen (secondary N) is 1. The lowest BCUT2D eigenvalue weighted by Crippen LogP contribution is -2.02. The molecule has 0 aliphatic rings. The van der Waals surface area contributed by atoms with Gasteiger partial charge in [0.2, 0.25) is 0 Å². The minimum absolute atomic E-state index is 0.650. The fourth-order valence-electron chi connectivity index (χ4n) is 1.09. The van der Waals surface area contributed by atoms with E-state index in [2.05, 4.69) is 17.2 Å². The normalized spacial score (nSPS) is 10.1. The second-order valence-electron chi connectivity index (χ2n) is 3.12. The maximum absolute atomic E-state index is 5.28. The molecular weight excluding hydrogens is 176 g/mol. The van der Waals surface area contributed by atoms with Crippen LogP contribution in [0.25, 0.3) is 0 Å². The van der Waals surface area contributed by atoms with Crippen LogP contribution >= 0.6 is 0 Å². The van der Waals surface area contributed by atoms with Crippen molar-refractivity contribution in [3.05, 3.63) is 23.9 Å². The molecule has 0 radical (unpaired) electrons. The monoisotopic (exact) mass is 194 g/mol. The Kier molecular flexibility index (Phi) is 5.00. The number of hydrogen-bond acceptors (Lipinski definition) is 3. The Labute approximate surface area is 85.5 Å². The van der Waals surface area contributed by atoms with Gasteiger partial charge in [0, 0.05) is 19.3 Å². The zero-order valence-electron chi connectivity index (χ0n) is 8.92. The molecule has 14 heavy (non-hydrogen) atoms. The largest absolute Gasteiger partial charge is 0.377 e. The first-order valence-corrected chi connectivity index (χ1v) is 5.13. The van der Waals surface area contributed by atoms with Crippen LogP contribution in [0.2, 0.25) is 0 Å². The maximum Gasteiger partial charge on any atom is 0.125 e. The zero-order chi connectivity index (χ0) is 10.2. The smallest absolute Gasteiger partial charge is 0.125 e. The summed E-state index contributed by atoms with van der Waals surface area (Å²) in [5, 5.41) is 3.23. The van der Waals surface area contributed by atoms with Crippen molar-refractivity contribution in [1.82, 2.24) is 4.98 Å². The molecule has 3 heteroatoms. The van der Waals surface area contributed by atoms with Crippen LogP contribution in [-0.2, 0) is 11.3 Å². The van der Waals surface area contributed by atoms with Gasteiger partial charge in [-0.05, 0) is 25.0 Å². The highest BCUT2D eigenvalue weighted by Gasteiger charge is 1.94. The first-order valence-electron chi connectivity index (χ1n) is 5.13. The quantitative estimate of drug-likeness (QED) is 0.755. The van der Waals surface area contributed by atoms with Gasteiger partial charge < -0.3 is 10.1 Å². The van der Waals surface area contributed by atoms with Gasteiger partial charge >= 0.3 is 0 Å². The third kappa shape index (κ3) is 3.75. The molecule has 1 aromatic heterocycles. The van der Waals surface area contributed by atoms with E-state index >= 15 is 0 Å². The summed E-state index contributed by atoms with van der Waals surface area (Å²) in [7, 11) is 0. The van der Waals surface area contributed by atoms with E-state index in [1.807, 2.05) is 25.3 Å². The number of rotatable bonds is 6. The highest BCUT2D eigenvalue weighted by Crippen LogP contribution is 2.05. The molecule has 0 aromatic carbocycles. The SMILES string of the molecule is CCCNc1ccc(COCC)cn1. The van der Waals surface area contributed by atoms with Crippen molar-refractivity contribution >= 4 is 5.82 Å². The summed E-state index contributed by atoms with van der Waals surface area (Å²) < 4.78 is 5.28. The Morgan fingerprint density at radius 2 is 2.21 bits per heavy atom. The molecule has 1 rings (SSSR count). The van der Waals surface area contributed by atoms with Gasteiger partial charge in [-0.25, -0.2) is 4.98 Å². The van der Waals surface area contributed by atoms with Crippen LogP contribution in [0, 0.1) is 0 Å². The van der Waals surface area contributed by atoms with Crippen LogP contribution in [0.4, 0.5) is 5.82 Å². The molecule has 0 atom stereocenters. The van der Waals surface area contributed by atoms with Crippen LogP contribution in [0.5, 0.6) is 0 Å². The van der Waals surface area contributed by atoms with E-state index in [1.54, 1.807) is 0 Å². The molecule has 1 N–H and O–H groups in total. The van der Waals surface area contributed by atoms with Crippen molar-refractivity contribution in [3.63, 3.8) is 0 Å². The molecule has 78 valence electrons. The minimum Gasteiger partial charge on any atom is -0.377 e. The van der Waals surface area contributed by atoms with Crippen molar-refractivity contribution in [2.24, 2.45) is 0 Å². The predicted octanol–water partition coefficient (Wildman–Crippen LogP) is 2.44. The van der Waals surface area contributed by atoms with E-state index < -0.39 is 0 Å². The summed E-state index contributed by atoms with van der Waals surface area (Å²) in [5.74, 6) is 0.937. The number of pyridine rings is 1. The van der Waals surface area contributed by atoms with Gasteiger partial charge in [0.05, 0.1) is 6.61 Å². The molecular formula is C11H18N2O. The van der Waals surface area contributed by atoms with E-state index in [0.717, 1.165) is 31.0 Å². The Morgan fingerprint density at radius 1 is 1.36 bits per heavy atom. The summed E-state index contributed by atoms with van der Waals surface area (Å²) in [5.41, 5.74) is 1.12. The van der Waals surface area contributed by atoms with Crippen LogP contribution in [0.1, 0.15) is 25.8 Å². The fourth-order valence-corrected chi connectivity index (χ4v) is 1.09. The summed E-state index contributed by atoms with van der Waals surface area (Å²) in [6, 6.07) is 4.03. The van der Waals surface area contributed by atoms with Gasteiger partial charge in [-0.15, -0.1) is 0 Å². The van der Waals surface area contributed by atoms with Gasteiger partial charge in [-0.3, -0.25) is 0 Å². The number of aromatic nitrogens is 1. The Morgan fingerprint density at radius 3 is 2.79 bits per heavy atom. The molecule has 1 aromatic rings. The highest BCUT2D eigenvalue weighted by atomic mass is 16.5. The Bertz CT molecular complexity index is 219. The van der Waals surface area contributed by atoms with Crippen molar-refractivity contribution in [2.75, 3.05) is 18.5 Å². The van der Waals surface area contributed by atoms with Crippen LogP contribution < -0.4 is 5.32 Å². The van der Waals surface area contributed by atoms with Crippen molar-refractivity contribution in [2.45, 2.75) is 26.9 Å². The summed E-state index contributed by atoms with van der Waals surface area (Å²) in [4.78, 5) is 4.28. The van der Waals surface area contributed by atoms with E-state index in [0.29, 0.717) is 6.61 Å². The molecule has 0 aliphatic heterocycles. The minimum atomic E-state index is 0.650. The maximum atomic E-state index is 5.28. The third-order valence-electron chi connectivity index (χ3n) is 1.85. The average Bonchev–Trinajstić information content (AvgIpc) is 2.25. The zero-order valence-corrected chi connectivity index (χ0v) is 8.92. The average molecular weight is 194 g/mol. The predicted molar refractivity (Wildman–Crippen MR) is 58.3 cm³/mol. The molecule has 0 saturated heterocycles. The topological polar surface area (TPSA) is 34.1 Å². The summed E-state index contributed by atoms with van der Waals surface area (Å²) >= 11 is 0. The van der Waals surface area contributed by atoms with Crippen LogP contribution in [0.15, 0.2) is 18.3 Å². The Hall–Kier alpha value is -1.09. The highest BCUT2D eigenvalue weighted by molar-refractivity contribution is 5.35. The number of anilines is 1. The molecule has 3 nitrogen and oxygen atoms in total. The van der Waals surface area contributed by atoms with Gasteiger partial charge in [0.25, 0.3) is 0 Å². The van der Waals surface area contributed by atoms with E-state index in [4.69, 9.17) is 4.74 Å². The van der Waals surface area contributed by atoms with Crippen LogP contribution in [0.3, 0.4) is 0 Å². The summed E-state index contributed by atoms with van der Waals surface area (Å²) in [6.45, 7) is 6.49. The van der Waals surface area contributed by atoms with E-state index in [-0.39, 0.29) is 0 Å². The molecule has 1 heterocycles. The molecule has 0 saturated carbocycles. The second-order valence-corrected chi connectivity index (χ2v) is 3.12.